The molecule has 0 aromatic heterocycles. The van der Waals surface area contributed by atoms with E-state index in [9.17, 15) is 9.18 Å². The maximum Gasteiger partial charge on any atom is 0.234 e. The number of aryl methyl sites for hydroxylation is 1. The molecular weight excluding hydrogens is 263 g/mol. The van der Waals surface area contributed by atoms with E-state index >= 15 is 0 Å². The smallest absolute Gasteiger partial charge is 0.234 e. The first-order chi connectivity index (χ1) is 9.15. The number of anilines is 1. The lowest BCUT2D eigenvalue weighted by molar-refractivity contribution is -0.113. The molecule has 0 radical (unpaired) electrons. The predicted octanol–water partition coefficient (Wildman–Crippen LogP) is 2.56. The molecule has 5 heteroatoms. The van der Waals surface area contributed by atoms with Gasteiger partial charge in [0.2, 0.25) is 5.91 Å². The molecule has 1 heterocycles. The summed E-state index contributed by atoms with van der Waals surface area (Å²) in [6, 6.07) is 4.72. The van der Waals surface area contributed by atoms with Crippen LogP contribution in [0.2, 0.25) is 0 Å². The molecule has 104 valence electrons. The zero-order valence-corrected chi connectivity index (χ0v) is 11.9. The Bertz CT molecular complexity index is 447. The quantitative estimate of drug-likeness (QED) is 0.892. The number of hydrogen-bond donors (Lipinski definition) is 2. The van der Waals surface area contributed by atoms with E-state index in [1.165, 1.54) is 6.07 Å². The standard InChI is InChI=1S/C14H19FN2OS/c1-10-2-3-12(15)13(8-10)17-14(18)9-19-11-4-6-16-7-5-11/h2-3,8,11,16H,4-7,9H2,1H3,(H,17,18). The molecule has 1 aliphatic heterocycles. The summed E-state index contributed by atoms with van der Waals surface area (Å²) in [4.78, 5) is 11.8. The highest BCUT2D eigenvalue weighted by Crippen LogP contribution is 2.21. The molecule has 1 fully saturated rings. The van der Waals surface area contributed by atoms with Gasteiger partial charge in [-0.1, -0.05) is 6.07 Å². The molecule has 0 bridgehead atoms. The minimum atomic E-state index is -0.384. The lowest BCUT2D eigenvalue weighted by Gasteiger charge is -2.21. The summed E-state index contributed by atoms with van der Waals surface area (Å²) in [5.74, 6) is -0.128. The van der Waals surface area contributed by atoms with Gasteiger partial charge >= 0.3 is 0 Å². The van der Waals surface area contributed by atoms with Gasteiger partial charge < -0.3 is 10.6 Å². The average Bonchev–Trinajstić information content (AvgIpc) is 2.42. The first-order valence-corrected chi connectivity index (χ1v) is 7.58. The van der Waals surface area contributed by atoms with Crippen molar-refractivity contribution < 1.29 is 9.18 Å². The van der Waals surface area contributed by atoms with Crippen LogP contribution in [0.25, 0.3) is 0 Å². The fourth-order valence-corrected chi connectivity index (χ4v) is 3.11. The molecule has 1 saturated heterocycles. The first kappa shape index (κ1) is 14.3. The normalized spacial score (nSPS) is 16.3. The number of carbonyl (C=O) groups excluding carboxylic acids is 1. The van der Waals surface area contributed by atoms with Gasteiger partial charge in [-0.3, -0.25) is 4.79 Å². The number of thioether (sulfide) groups is 1. The minimum absolute atomic E-state index is 0.131. The monoisotopic (exact) mass is 282 g/mol. The molecule has 1 aliphatic rings. The topological polar surface area (TPSA) is 41.1 Å². The highest BCUT2D eigenvalue weighted by molar-refractivity contribution is 8.00. The Morgan fingerprint density at radius 1 is 1.47 bits per heavy atom. The van der Waals surface area contributed by atoms with E-state index in [1.807, 2.05) is 6.92 Å². The molecule has 2 N–H and O–H groups in total. The zero-order valence-electron chi connectivity index (χ0n) is 11.0. The second-order valence-corrected chi connectivity index (χ2v) is 6.08. The number of carbonyl (C=O) groups is 1. The van der Waals surface area contributed by atoms with Crippen LogP contribution in [0.5, 0.6) is 0 Å². The SMILES string of the molecule is Cc1ccc(F)c(NC(=O)CSC2CCNCC2)c1. The molecule has 3 nitrogen and oxygen atoms in total. The summed E-state index contributed by atoms with van der Waals surface area (Å²) in [7, 11) is 0. The average molecular weight is 282 g/mol. The largest absolute Gasteiger partial charge is 0.323 e. The summed E-state index contributed by atoms with van der Waals surface area (Å²) in [6.45, 7) is 3.91. The van der Waals surface area contributed by atoms with E-state index in [0.717, 1.165) is 31.5 Å². The molecule has 0 atom stereocenters. The van der Waals surface area contributed by atoms with Gasteiger partial charge in [-0.2, -0.15) is 0 Å². The highest BCUT2D eigenvalue weighted by atomic mass is 32.2. The van der Waals surface area contributed by atoms with E-state index in [2.05, 4.69) is 10.6 Å². The number of amides is 1. The van der Waals surface area contributed by atoms with E-state index in [0.29, 0.717) is 11.0 Å². The molecule has 0 unspecified atom stereocenters. The zero-order chi connectivity index (χ0) is 13.7. The Hall–Kier alpha value is -1.07. The molecule has 1 aromatic rings. The summed E-state index contributed by atoms with van der Waals surface area (Å²) < 4.78 is 13.5. The van der Waals surface area contributed by atoms with E-state index in [-0.39, 0.29) is 17.4 Å². The molecule has 0 saturated carbocycles. The molecule has 2 rings (SSSR count). The van der Waals surface area contributed by atoms with Crippen molar-refractivity contribution in [3.05, 3.63) is 29.6 Å². The van der Waals surface area contributed by atoms with E-state index in [4.69, 9.17) is 0 Å². The second-order valence-electron chi connectivity index (χ2n) is 4.79. The third-order valence-electron chi connectivity index (χ3n) is 3.13. The van der Waals surface area contributed by atoms with Gasteiger partial charge in [-0.25, -0.2) is 4.39 Å². The highest BCUT2D eigenvalue weighted by Gasteiger charge is 2.15. The minimum Gasteiger partial charge on any atom is -0.323 e. The third-order valence-corrected chi connectivity index (χ3v) is 4.50. The van der Waals surface area contributed by atoms with Gasteiger partial charge in [-0.05, 0) is 50.6 Å². The van der Waals surface area contributed by atoms with Crippen molar-refractivity contribution in [1.29, 1.82) is 0 Å². The van der Waals surface area contributed by atoms with Gasteiger partial charge in [0.1, 0.15) is 5.82 Å². The number of piperidine rings is 1. The van der Waals surface area contributed by atoms with Crippen molar-refractivity contribution in [1.82, 2.24) is 5.32 Å². The summed E-state index contributed by atoms with van der Waals surface area (Å²) in [5, 5.41) is 6.47. The third kappa shape index (κ3) is 4.51. The fraction of sp³-hybridized carbons (Fsp3) is 0.500. The molecule has 0 aliphatic carbocycles. The predicted molar refractivity (Wildman–Crippen MR) is 78.1 cm³/mol. The summed E-state index contributed by atoms with van der Waals surface area (Å²) >= 11 is 1.66. The maximum atomic E-state index is 13.5. The van der Waals surface area contributed by atoms with Crippen LogP contribution < -0.4 is 10.6 Å². The number of halogens is 1. The van der Waals surface area contributed by atoms with Crippen LogP contribution >= 0.6 is 11.8 Å². The molecule has 19 heavy (non-hydrogen) atoms. The second kappa shape index (κ2) is 6.91. The van der Waals surface area contributed by atoms with Crippen molar-refractivity contribution in [2.24, 2.45) is 0 Å². The van der Waals surface area contributed by atoms with Gasteiger partial charge in [-0.15, -0.1) is 11.8 Å². The van der Waals surface area contributed by atoms with Crippen LogP contribution in [0.4, 0.5) is 10.1 Å². The van der Waals surface area contributed by atoms with E-state index in [1.54, 1.807) is 23.9 Å². The Morgan fingerprint density at radius 3 is 2.95 bits per heavy atom. The van der Waals surface area contributed by atoms with Crippen LogP contribution in [0.15, 0.2) is 18.2 Å². The summed E-state index contributed by atoms with van der Waals surface area (Å²) in [5.41, 5.74) is 1.21. The number of nitrogens with one attached hydrogen (secondary N) is 2. The molecular formula is C14H19FN2OS. The Balaban J connectivity index is 1.81. The lowest BCUT2D eigenvalue weighted by atomic mass is 10.2. The Labute approximate surface area is 117 Å². The maximum absolute atomic E-state index is 13.5. The molecule has 1 aromatic carbocycles. The first-order valence-electron chi connectivity index (χ1n) is 6.53. The van der Waals surface area contributed by atoms with Crippen LogP contribution in [-0.2, 0) is 4.79 Å². The number of benzene rings is 1. The summed E-state index contributed by atoms with van der Waals surface area (Å²) in [6.07, 6.45) is 2.19. The van der Waals surface area contributed by atoms with Crippen LogP contribution in [0, 0.1) is 12.7 Å². The number of hydrogen-bond acceptors (Lipinski definition) is 3. The van der Waals surface area contributed by atoms with Gasteiger partial charge in [0, 0.05) is 5.25 Å². The van der Waals surface area contributed by atoms with Crippen molar-refractivity contribution >= 4 is 23.4 Å². The Morgan fingerprint density at radius 2 is 2.21 bits per heavy atom. The van der Waals surface area contributed by atoms with Crippen LogP contribution in [-0.4, -0.2) is 30.0 Å². The van der Waals surface area contributed by atoms with Gasteiger partial charge in [0.15, 0.2) is 0 Å². The Kier molecular flexibility index (Phi) is 5.22. The van der Waals surface area contributed by atoms with Crippen molar-refractivity contribution in [2.75, 3.05) is 24.2 Å². The fourth-order valence-electron chi connectivity index (χ4n) is 2.08. The van der Waals surface area contributed by atoms with Gasteiger partial charge in [0.25, 0.3) is 0 Å². The van der Waals surface area contributed by atoms with Crippen LogP contribution in [0.1, 0.15) is 18.4 Å². The van der Waals surface area contributed by atoms with Crippen molar-refractivity contribution in [2.45, 2.75) is 25.0 Å². The molecule has 1 amide bonds. The van der Waals surface area contributed by atoms with E-state index < -0.39 is 0 Å². The lowest BCUT2D eigenvalue weighted by Crippen LogP contribution is -2.30. The van der Waals surface area contributed by atoms with Crippen LogP contribution in [0.3, 0.4) is 0 Å². The van der Waals surface area contributed by atoms with Crippen molar-refractivity contribution in [3.8, 4) is 0 Å². The number of rotatable bonds is 4. The van der Waals surface area contributed by atoms with Crippen molar-refractivity contribution in [3.63, 3.8) is 0 Å². The molecule has 0 spiro atoms. The van der Waals surface area contributed by atoms with Gasteiger partial charge in [0.05, 0.1) is 11.4 Å².